The number of hydrogen-bond donors (Lipinski definition) is 1. The van der Waals surface area contributed by atoms with Gasteiger partial charge in [-0.1, -0.05) is 32.0 Å². The minimum Gasteiger partial charge on any atom is -0.308 e. The normalized spacial score (nSPS) is 12.1. The van der Waals surface area contributed by atoms with Crippen molar-refractivity contribution in [1.82, 2.24) is 5.32 Å². The summed E-state index contributed by atoms with van der Waals surface area (Å²) in [6.45, 7) is 12.1. The number of rotatable bonds is 5. The fraction of sp³-hybridized carbons (Fsp3) is 0.600. The van der Waals surface area contributed by atoms with E-state index in [1.165, 1.54) is 16.2 Å². The van der Waals surface area contributed by atoms with Gasteiger partial charge < -0.3 is 5.32 Å². The van der Waals surface area contributed by atoms with E-state index >= 15 is 0 Å². The van der Waals surface area contributed by atoms with Crippen LogP contribution in [0.5, 0.6) is 0 Å². The molecule has 0 saturated heterocycles. The molecule has 0 radical (unpaired) electrons. The van der Waals surface area contributed by atoms with Gasteiger partial charge in [0.1, 0.15) is 0 Å². The van der Waals surface area contributed by atoms with E-state index in [0.29, 0.717) is 0 Å². The lowest BCUT2D eigenvalue weighted by molar-refractivity contribution is 0.422. The van der Waals surface area contributed by atoms with Gasteiger partial charge in [0.2, 0.25) is 0 Å². The van der Waals surface area contributed by atoms with E-state index in [1.54, 1.807) is 0 Å². The summed E-state index contributed by atoms with van der Waals surface area (Å²) in [4.78, 5) is 1.41. The smallest absolute Gasteiger partial charge is 0.0221 e. The number of nitrogens with one attached hydrogen (secondary N) is 1. The summed E-state index contributed by atoms with van der Waals surface area (Å²) < 4.78 is 0. The molecule has 0 bridgehead atoms. The van der Waals surface area contributed by atoms with Crippen LogP contribution in [0.15, 0.2) is 29.2 Å². The molecule has 0 atom stereocenters. The third-order valence-electron chi connectivity index (χ3n) is 2.35. The lowest BCUT2D eigenvalue weighted by Gasteiger charge is -2.21. The van der Waals surface area contributed by atoms with Crippen molar-refractivity contribution in [2.24, 2.45) is 5.92 Å². The Balaban J connectivity index is 2.64. The number of hydrogen-bond acceptors (Lipinski definition) is 2. The summed E-state index contributed by atoms with van der Waals surface area (Å²) in [6, 6.07) is 8.70. The highest BCUT2D eigenvalue weighted by molar-refractivity contribution is 7.99. The second-order valence-electron chi connectivity index (χ2n) is 5.92. The van der Waals surface area contributed by atoms with Gasteiger partial charge in [0.25, 0.3) is 0 Å². The molecule has 1 aromatic carbocycles. The van der Waals surface area contributed by atoms with E-state index in [9.17, 15) is 0 Å². The molecular weight excluding hydrogens is 226 g/mol. The highest BCUT2D eigenvalue weighted by Crippen LogP contribution is 2.24. The van der Waals surface area contributed by atoms with Crippen molar-refractivity contribution >= 4 is 11.8 Å². The molecule has 1 rings (SSSR count). The van der Waals surface area contributed by atoms with Crippen molar-refractivity contribution < 1.29 is 0 Å². The summed E-state index contributed by atoms with van der Waals surface area (Å²) in [6.07, 6.45) is 0. The first-order chi connectivity index (χ1) is 7.88. The minimum absolute atomic E-state index is 0.176. The van der Waals surface area contributed by atoms with Crippen LogP contribution < -0.4 is 5.32 Å². The van der Waals surface area contributed by atoms with Crippen LogP contribution in [-0.2, 0) is 6.54 Å². The Morgan fingerprint density at radius 2 is 1.82 bits per heavy atom. The highest BCUT2D eigenvalue weighted by Gasteiger charge is 2.10. The first-order valence-electron chi connectivity index (χ1n) is 6.34. The first kappa shape index (κ1) is 14.6. The Labute approximate surface area is 110 Å². The maximum Gasteiger partial charge on any atom is 0.0221 e. The molecule has 1 aromatic rings. The zero-order chi connectivity index (χ0) is 12.9. The molecule has 0 amide bonds. The first-order valence-corrected chi connectivity index (χ1v) is 7.33. The molecule has 0 aromatic heterocycles. The molecule has 0 aliphatic carbocycles. The topological polar surface area (TPSA) is 12.0 Å². The molecule has 0 aliphatic heterocycles. The standard InChI is InChI=1S/C15H25NS/c1-12(2)11-17-14-9-7-6-8-13(14)10-16-15(3,4)5/h6-9,12,16H,10-11H2,1-5H3. The zero-order valence-corrected chi connectivity index (χ0v) is 12.5. The molecule has 0 fully saturated rings. The third kappa shape index (κ3) is 6.13. The average Bonchev–Trinajstić information content (AvgIpc) is 2.23. The van der Waals surface area contributed by atoms with Crippen LogP contribution >= 0.6 is 11.8 Å². The van der Waals surface area contributed by atoms with Crippen LogP contribution in [0.3, 0.4) is 0 Å². The molecule has 17 heavy (non-hydrogen) atoms. The van der Waals surface area contributed by atoms with Gasteiger partial charge in [-0.3, -0.25) is 0 Å². The maximum atomic E-state index is 3.55. The summed E-state index contributed by atoms with van der Waals surface area (Å²) in [5.41, 5.74) is 1.59. The molecular formula is C15H25NS. The van der Waals surface area contributed by atoms with Crippen LogP contribution in [0.2, 0.25) is 0 Å². The quantitative estimate of drug-likeness (QED) is 0.782. The molecule has 0 saturated carbocycles. The van der Waals surface area contributed by atoms with Gasteiger partial charge in [0.05, 0.1) is 0 Å². The van der Waals surface area contributed by atoms with E-state index in [1.807, 2.05) is 11.8 Å². The maximum absolute atomic E-state index is 3.55. The Hall–Kier alpha value is -0.470. The van der Waals surface area contributed by atoms with Crippen LogP contribution in [0.25, 0.3) is 0 Å². The number of thioether (sulfide) groups is 1. The largest absolute Gasteiger partial charge is 0.308 e. The fourth-order valence-electron chi connectivity index (χ4n) is 1.41. The monoisotopic (exact) mass is 251 g/mol. The lowest BCUT2D eigenvalue weighted by Crippen LogP contribution is -2.35. The summed E-state index contributed by atoms with van der Waals surface area (Å²) in [7, 11) is 0. The third-order valence-corrected chi connectivity index (χ3v) is 3.90. The Morgan fingerprint density at radius 1 is 1.18 bits per heavy atom. The molecule has 2 heteroatoms. The van der Waals surface area contributed by atoms with Crippen molar-refractivity contribution in [1.29, 1.82) is 0 Å². The van der Waals surface area contributed by atoms with Gasteiger partial charge in [-0.15, -0.1) is 11.8 Å². The van der Waals surface area contributed by atoms with Crippen molar-refractivity contribution in [3.63, 3.8) is 0 Å². The van der Waals surface area contributed by atoms with E-state index < -0.39 is 0 Å². The van der Waals surface area contributed by atoms with Gasteiger partial charge in [0, 0.05) is 22.7 Å². The Bertz CT molecular complexity index is 339. The van der Waals surface area contributed by atoms with Gasteiger partial charge in [0.15, 0.2) is 0 Å². The SMILES string of the molecule is CC(C)CSc1ccccc1CNC(C)(C)C. The van der Waals surface area contributed by atoms with Crippen LogP contribution in [-0.4, -0.2) is 11.3 Å². The van der Waals surface area contributed by atoms with E-state index in [2.05, 4.69) is 64.2 Å². The van der Waals surface area contributed by atoms with Gasteiger partial charge >= 0.3 is 0 Å². The second-order valence-corrected chi connectivity index (χ2v) is 6.98. The molecule has 1 nitrogen and oxygen atoms in total. The van der Waals surface area contributed by atoms with Crippen LogP contribution in [0.1, 0.15) is 40.2 Å². The minimum atomic E-state index is 0.176. The second kappa shape index (κ2) is 6.46. The van der Waals surface area contributed by atoms with Crippen molar-refractivity contribution in [2.45, 2.75) is 51.6 Å². The fourth-order valence-corrected chi connectivity index (χ4v) is 2.42. The van der Waals surface area contributed by atoms with E-state index in [4.69, 9.17) is 0 Å². The van der Waals surface area contributed by atoms with Crippen molar-refractivity contribution in [3.8, 4) is 0 Å². The summed E-state index contributed by atoms with van der Waals surface area (Å²) in [5, 5.41) is 3.55. The van der Waals surface area contributed by atoms with Gasteiger partial charge in [-0.2, -0.15) is 0 Å². The molecule has 0 aliphatic rings. The lowest BCUT2D eigenvalue weighted by atomic mass is 10.1. The van der Waals surface area contributed by atoms with Gasteiger partial charge in [-0.25, -0.2) is 0 Å². The molecule has 0 spiro atoms. The molecule has 0 heterocycles. The Morgan fingerprint density at radius 3 is 2.41 bits per heavy atom. The molecule has 96 valence electrons. The summed E-state index contributed by atoms with van der Waals surface area (Å²) >= 11 is 1.97. The number of benzene rings is 1. The van der Waals surface area contributed by atoms with E-state index in [-0.39, 0.29) is 5.54 Å². The van der Waals surface area contributed by atoms with Crippen LogP contribution in [0, 0.1) is 5.92 Å². The predicted molar refractivity (Wildman–Crippen MR) is 78.6 cm³/mol. The van der Waals surface area contributed by atoms with E-state index in [0.717, 1.165) is 12.5 Å². The molecule has 1 N–H and O–H groups in total. The van der Waals surface area contributed by atoms with Gasteiger partial charge in [-0.05, 0) is 38.3 Å². The average molecular weight is 251 g/mol. The zero-order valence-electron chi connectivity index (χ0n) is 11.7. The molecule has 0 unspecified atom stereocenters. The van der Waals surface area contributed by atoms with Crippen molar-refractivity contribution in [3.05, 3.63) is 29.8 Å². The Kier molecular flexibility index (Phi) is 5.54. The van der Waals surface area contributed by atoms with Crippen molar-refractivity contribution in [2.75, 3.05) is 5.75 Å². The highest BCUT2D eigenvalue weighted by atomic mass is 32.2. The summed E-state index contributed by atoms with van der Waals surface area (Å²) in [5.74, 6) is 1.93. The van der Waals surface area contributed by atoms with Crippen LogP contribution in [0.4, 0.5) is 0 Å². The predicted octanol–water partition coefficient (Wildman–Crippen LogP) is 4.32.